The van der Waals surface area contributed by atoms with Gasteiger partial charge in [-0.1, -0.05) is 0 Å². The van der Waals surface area contributed by atoms with Gasteiger partial charge >= 0.3 is 0 Å². The lowest BCUT2D eigenvalue weighted by molar-refractivity contribution is -0.131. The third-order valence-electron chi connectivity index (χ3n) is 3.53. The minimum absolute atomic E-state index is 0.129. The molecule has 2 fully saturated rings. The summed E-state index contributed by atoms with van der Waals surface area (Å²) in [4.78, 5) is 13.8. The minimum Gasteiger partial charge on any atom is -0.341 e. The van der Waals surface area contributed by atoms with Crippen molar-refractivity contribution in [1.82, 2.24) is 19.2 Å². The molecule has 2 N–H and O–H groups in total. The Morgan fingerprint density at radius 1 is 1.16 bits per heavy atom. The van der Waals surface area contributed by atoms with E-state index in [9.17, 15) is 13.2 Å². The number of hydrogen-bond acceptors (Lipinski definition) is 4. The van der Waals surface area contributed by atoms with Crippen LogP contribution in [0.25, 0.3) is 0 Å². The van der Waals surface area contributed by atoms with Crippen molar-refractivity contribution in [3.05, 3.63) is 0 Å². The molecule has 2 rings (SSSR count). The second-order valence-electron chi connectivity index (χ2n) is 5.03. The number of rotatable bonds is 4. The first-order chi connectivity index (χ1) is 9.00. The lowest BCUT2D eigenvalue weighted by atomic mass is 10.3. The molecule has 0 spiro atoms. The van der Waals surface area contributed by atoms with E-state index in [4.69, 9.17) is 0 Å². The van der Waals surface area contributed by atoms with Gasteiger partial charge in [-0.2, -0.15) is 17.4 Å². The predicted octanol–water partition coefficient (Wildman–Crippen LogP) is -1.26. The molecule has 110 valence electrons. The number of nitrogens with zero attached hydrogens (tertiary/aromatic N) is 2. The highest BCUT2D eigenvalue weighted by Crippen LogP contribution is 2.10. The highest BCUT2D eigenvalue weighted by Gasteiger charge is 2.30. The molecule has 1 unspecified atom stereocenters. The van der Waals surface area contributed by atoms with Crippen LogP contribution in [0.3, 0.4) is 0 Å². The smallest absolute Gasteiger partial charge is 0.280 e. The average Bonchev–Trinajstić information content (AvgIpc) is 2.92. The molecule has 7 nitrogen and oxygen atoms in total. The summed E-state index contributed by atoms with van der Waals surface area (Å²) >= 11 is 0. The Kier molecular flexibility index (Phi) is 4.77. The number of piperazine rings is 1. The predicted molar refractivity (Wildman–Crippen MR) is 71.8 cm³/mol. The molecule has 1 atom stereocenters. The van der Waals surface area contributed by atoms with Crippen LogP contribution in [0.2, 0.25) is 0 Å². The van der Waals surface area contributed by atoms with Crippen molar-refractivity contribution < 1.29 is 13.2 Å². The summed E-state index contributed by atoms with van der Waals surface area (Å²) in [5.74, 6) is -0.129. The second kappa shape index (κ2) is 6.17. The van der Waals surface area contributed by atoms with Crippen molar-refractivity contribution in [2.45, 2.75) is 25.8 Å². The largest absolute Gasteiger partial charge is 0.341 e. The molecule has 0 saturated carbocycles. The van der Waals surface area contributed by atoms with Crippen molar-refractivity contribution >= 4 is 16.1 Å². The zero-order valence-corrected chi connectivity index (χ0v) is 12.1. The SMILES string of the molecule is CC(NS(=O)(=O)N1CCNCC1)C(=O)N1CCCC1. The van der Waals surface area contributed by atoms with E-state index in [0.29, 0.717) is 26.2 Å². The molecule has 1 amide bonds. The molecule has 0 radical (unpaired) electrons. The zero-order chi connectivity index (χ0) is 13.9. The molecule has 0 bridgehead atoms. The summed E-state index contributed by atoms with van der Waals surface area (Å²) in [6.07, 6.45) is 2.01. The fourth-order valence-corrected chi connectivity index (χ4v) is 3.80. The van der Waals surface area contributed by atoms with Gasteiger partial charge in [-0.25, -0.2) is 0 Å². The van der Waals surface area contributed by atoms with Gasteiger partial charge in [0, 0.05) is 39.3 Å². The van der Waals surface area contributed by atoms with Gasteiger partial charge in [0.05, 0.1) is 6.04 Å². The van der Waals surface area contributed by atoms with Crippen LogP contribution in [-0.4, -0.2) is 68.8 Å². The Labute approximate surface area is 114 Å². The molecule has 0 aromatic carbocycles. The molecular formula is C11H22N4O3S. The van der Waals surface area contributed by atoms with Gasteiger partial charge in [-0.05, 0) is 19.8 Å². The Bertz CT molecular complexity index is 414. The Hall–Kier alpha value is -0.700. The summed E-state index contributed by atoms with van der Waals surface area (Å²) in [6, 6.07) is -0.696. The van der Waals surface area contributed by atoms with E-state index in [1.165, 1.54) is 4.31 Å². The van der Waals surface area contributed by atoms with E-state index in [-0.39, 0.29) is 5.91 Å². The summed E-state index contributed by atoms with van der Waals surface area (Å²) < 4.78 is 28.1. The van der Waals surface area contributed by atoms with Gasteiger partial charge in [0.1, 0.15) is 0 Å². The van der Waals surface area contributed by atoms with E-state index >= 15 is 0 Å². The van der Waals surface area contributed by atoms with Gasteiger partial charge in [-0.15, -0.1) is 0 Å². The third kappa shape index (κ3) is 3.65. The van der Waals surface area contributed by atoms with Gasteiger partial charge in [0.2, 0.25) is 5.91 Å². The third-order valence-corrected chi connectivity index (χ3v) is 5.23. The molecular weight excluding hydrogens is 268 g/mol. The first-order valence-electron chi connectivity index (χ1n) is 6.77. The quantitative estimate of drug-likeness (QED) is 0.677. The van der Waals surface area contributed by atoms with E-state index in [0.717, 1.165) is 25.9 Å². The number of likely N-dealkylation sites (tertiary alicyclic amines) is 1. The Morgan fingerprint density at radius 3 is 2.32 bits per heavy atom. The van der Waals surface area contributed by atoms with Crippen LogP contribution in [0.4, 0.5) is 0 Å². The van der Waals surface area contributed by atoms with Gasteiger partial charge in [0.25, 0.3) is 10.2 Å². The first kappa shape index (κ1) is 14.7. The second-order valence-corrected chi connectivity index (χ2v) is 6.73. The van der Waals surface area contributed by atoms with E-state index in [2.05, 4.69) is 10.0 Å². The zero-order valence-electron chi connectivity index (χ0n) is 11.3. The van der Waals surface area contributed by atoms with Gasteiger partial charge < -0.3 is 10.2 Å². The lowest BCUT2D eigenvalue weighted by Gasteiger charge is -2.28. The maximum Gasteiger partial charge on any atom is 0.280 e. The van der Waals surface area contributed by atoms with Crippen LogP contribution in [0.5, 0.6) is 0 Å². The molecule has 8 heteroatoms. The number of carbonyl (C=O) groups is 1. The summed E-state index contributed by atoms with van der Waals surface area (Å²) in [5.41, 5.74) is 0. The van der Waals surface area contributed by atoms with Crippen molar-refractivity contribution in [3.8, 4) is 0 Å². The number of amides is 1. The lowest BCUT2D eigenvalue weighted by Crippen LogP contribution is -2.54. The molecule has 19 heavy (non-hydrogen) atoms. The van der Waals surface area contributed by atoms with Crippen LogP contribution < -0.4 is 10.0 Å². The molecule has 2 saturated heterocycles. The van der Waals surface area contributed by atoms with Crippen LogP contribution in [-0.2, 0) is 15.0 Å². The first-order valence-corrected chi connectivity index (χ1v) is 8.21. The van der Waals surface area contributed by atoms with Crippen molar-refractivity contribution in [2.24, 2.45) is 0 Å². The molecule has 0 aromatic rings. The normalized spacial score (nSPS) is 23.5. The monoisotopic (exact) mass is 290 g/mol. The van der Waals surface area contributed by atoms with E-state index < -0.39 is 16.3 Å². The molecule has 2 aliphatic rings. The maximum absolute atomic E-state index is 12.1. The summed E-state index contributed by atoms with van der Waals surface area (Å²) in [7, 11) is -3.56. The van der Waals surface area contributed by atoms with Crippen molar-refractivity contribution in [2.75, 3.05) is 39.3 Å². The highest BCUT2D eigenvalue weighted by atomic mass is 32.2. The Morgan fingerprint density at radius 2 is 1.74 bits per heavy atom. The fraction of sp³-hybridized carbons (Fsp3) is 0.909. The van der Waals surface area contributed by atoms with Crippen LogP contribution >= 0.6 is 0 Å². The molecule has 2 aliphatic heterocycles. The molecule has 0 aromatic heterocycles. The van der Waals surface area contributed by atoms with Crippen LogP contribution in [0.15, 0.2) is 0 Å². The summed E-state index contributed by atoms with van der Waals surface area (Å²) in [5, 5.41) is 3.10. The van der Waals surface area contributed by atoms with Crippen molar-refractivity contribution in [3.63, 3.8) is 0 Å². The highest BCUT2D eigenvalue weighted by molar-refractivity contribution is 7.87. The standard InChI is InChI=1S/C11H22N4O3S/c1-10(11(16)14-6-2-3-7-14)13-19(17,18)15-8-4-12-5-9-15/h10,12-13H,2-9H2,1H3. The van der Waals surface area contributed by atoms with Gasteiger partial charge in [-0.3, -0.25) is 4.79 Å². The van der Waals surface area contributed by atoms with Crippen molar-refractivity contribution in [1.29, 1.82) is 0 Å². The minimum atomic E-state index is -3.56. The molecule has 0 aliphatic carbocycles. The van der Waals surface area contributed by atoms with Crippen LogP contribution in [0.1, 0.15) is 19.8 Å². The number of nitrogens with one attached hydrogen (secondary N) is 2. The number of hydrogen-bond donors (Lipinski definition) is 2. The maximum atomic E-state index is 12.1. The van der Waals surface area contributed by atoms with E-state index in [1.54, 1.807) is 11.8 Å². The number of carbonyl (C=O) groups excluding carboxylic acids is 1. The summed E-state index contributed by atoms with van der Waals surface area (Å²) in [6.45, 7) is 5.27. The van der Waals surface area contributed by atoms with Gasteiger partial charge in [0.15, 0.2) is 0 Å². The topological polar surface area (TPSA) is 81.8 Å². The Balaban J connectivity index is 1.92. The fourth-order valence-electron chi connectivity index (χ4n) is 2.44. The average molecular weight is 290 g/mol. The van der Waals surface area contributed by atoms with Crippen LogP contribution in [0, 0.1) is 0 Å². The molecule has 2 heterocycles. The van der Waals surface area contributed by atoms with E-state index in [1.807, 2.05) is 0 Å².